The Kier molecular flexibility index (Phi) is 14.6. The van der Waals surface area contributed by atoms with Gasteiger partial charge in [0.15, 0.2) is 5.82 Å². The van der Waals surface area contributed by atoms with E-state index >= 15 is 0 Å². The molecule has 14 nitrogen and oxygen atoms in total. The number of likely N-dealkylation sites (N-methyl/N-ethyl adjacent to an activating group) is 1. The summed E-state index contributed by atoms with van der Waals surface area (Å²) in [6, 6.07) is 20.0. The van der Waals surface area contributed by atoms with E-state index in [1.54, 1.807) is 68.1 Å². The van der Waals surface area contributed by atoms with Crippen LogP contribution in [-0.4, -0.2) is 111 Å². The number of carboxylic acids is 1. The first kappa shape index (κ1) is 47.3. The van der Waals surface area contributed by atoms with E-state index in [0.717, 1.165) is 26.2 Å². The maximum absolute atomic E-state index is 14.4. The van der Waals surface area contributed by atoms with E-state index in [-0.39, 0.29) is 57.4 Å². The zero-order valence-electron chi connectivity index (χ0n) is 37.1. The second-order valence-electron chi connectivity index (χ2n) is 16.1. The smallest absolute Gasteiger partial charge is 0.345 e. The second-order valence-corrected chi connectivity index (χ2v) is 17.4. The van der Waals surface area contributed by atoms with Gasteiger partial charge >= 0.3 is 5.97 Å². The first-order valence-electron chi connectivity index (χ1n) is 21.3. The minimum atomic E-state index is -1.56. The van der Waals surface area contributed by atoms with E-state index in [9.17, 15) is 14.3 Å². The first-order chi connectivity index (χ1) is 32.3. The predicted octanol–water partition coefficient (Wildman–Crippen LogP) is 9.49. The minimum Gasteiger partial charge on any atom is -0.496 e. The molecule has 1 fully saturated rings. The van der Waals surface area contributed by atoms with Crippen LogP contribution in [0.25, 0.3) is 39.4 Å². The highest BCUT2D eigenvalue weighted by atomic mass is 35.5. The van der Waals surface area contributed by atoms with Crippen LogP contribution < -0.4 is 18.9 Å². The molecule has 1 N–H and O–H groups in total. The van der Waals surface area contributed by atoms with Crippen molar-refractivity contribution >= 4 is 57.5 Å². The Hall–Kier alpha value is -6.23. The van der Waals surface area contributed by atoms with Gasteiger partial charge in [0.05, 0.1) is 39.8 Å². The number of hydrogen-bond acceptors (Lipinski definition) is 12. The van der Waals surface area contributed by atoms with Crippen LogP contribution in [0.5, 0.6) is 23.1 Å². The first-order valence-corrected chi connectivity index (χ1v) is 22.5. The second kappa shape index (κ2) is 20.7. The number of hydrogen-bond donors (Lipinski definition) is 1. The lowest BCUT2D eigenvalue weighted by atomic mass is 10.1. The Morgan fingerprint density at radius 1 is 0.985 bits per heavy atom. The van der Waals surface area contributed by atoms with Gasteiger partial charge in [0.25, 0.3) is 0 Å². The summed E-state index contributed by atoms with van der Waals surface area (Å²) in [6.45, 7) is 11.6. The van der Waals surface area contributed by atoms with Gasteiger partial charge in [-0.1, -0.05) is 53.5 Å². The number of rotatable bonds is 9. The zero-order chi connectivity index (χ0) is 47.4. The number of benzene rings is 3. The Morgan fingerprint density at radius 3 is 2.48 bits per heavy atom. The Labute approximate surface area is 401 Å². The van der Waals surface area contributed by atoms with Crippen molar-refractivity contribution in [2.45, 2.75) is 39.1 Å². The third-order valence-corrected chi connectivity index (χ3v) is 12.5. The van der Waals surface area contributed by atoms with Crippen molar-refractivity contribution < 1.29 is 38.0 Å². The van der Waals surface area contributed by atoms with Gasteiger partial charge in [-0.05, 0) is 87.1 Å². The van der Waals surface area contributed by atoms with Gasteiger partial charge in [-0.2, -0.15) is 4.98 Å². The number of methoxy groups -OCH3 is 1. The van der Waals surface area contributed by atoms with E-state index in [4.69, 9.17) is 63.5 Å². The predicted molar refractivity (Wildman–Crippen MR) is 255 cm³/mol. The summed E-state index contributed by atoms with van der Waals surface area (Å²) >= 11 is 21.5. The number of ether oxygens (including phenoxy) is 5. The highest BCUT2D eigenvalue weighted by Gasteiger charge is 2.32. The molecule has 18 heteroatoms. The quantitative estimate of drug-likeness (QED) is 0.147. The molecule has 6 aromatic rings. The minimum absolute atomic E-state index is 0.00419. The molecule has 0 amide bonds. The molecule has 8 rings (SSSR count). The summed E-state index contributed by atoms with van der Waals surface area (Å²) in [5, 5.41) is 11.4. The molecule has 2 aliphatic heterocycles. The third-order valence-electron chi connectivity index (χ3n) is 11.5. The molecule has 5 heterocycles. The van der Waals surface area contributed by atoms with Crippen LogP contribution in [0.15, 0.2) is 113 Å². The van der Waals surface area contributed by atoms with Gasteiger partial charge in [-0.3, -0.25) is 4.90 Å². The monoisotopic (exact) mass is 969 g/mol. The van der Waals surface area contributed by atoms with Crippen molar-refractivity contribution in [1.82, 2.24) is 34.3 Å². The maximum atomic E-state index is 14.4. The average Bonchev–Trinajstić information content (AvgIpc) is 3.61. The molecule has 3 aromatic carbocycles. The molecule has 3 aromatic heterocycles. The number of allylic oxidation sites excluding steroid dienone is 4. The molecule has 0 unspecified atom stereocenters. The van der Waals surface area contributed by atoms with Gasteiger partial charge in [-0.15, -0.1) is 0 Å². The van der Waals surface area contributed by atoms with E-state index < -0.39 is 24.0 Å². The summed E-state index contributed by atoms with van der Waals surface area (Å²) in [5.74, 6) is 0.0610. The molecule has 2 aliphatic rings. The number of aliphatic carboxylic acids is 1. The van der Waals surface area contributed by atoms with Gasteiger partial charge in [-0.25, -0.2) is 24.1 Å². The van der Waals surface area contributed by atoms with Crippen molar-refractivity contribution in [3.05, 3.63) is 135 Å². The Bertz CT molecular complexity index is 2880. The highest BCUT2D eigenvalue weighted by molar-refractivity contribution is 6.39. The number of halogens is 4. The summed E-state index contributed by atoms with van der Waals surface area (Å²) in [4.78, 5) is 36.1. The van der Waals surface area contributed by atoms with Crippen LogP contribution in [-0.2, 0) is 22.6 Å². The Morgan fingerprint density at radius 2 is 1.75 bits per heavy atom. The van der Waals surface area contributed by atoms with Crippen LogP contribution in [0.4, 0.5) is 4.39 Å². The molecule has 0 radical (unpaired) electrons. The average molecular weight is 971 g/mol. The normalized spacial score (nSPS) is 19.5. The van der Waals surface area contributed by atoms with Crippen molar-refractivity contribution in [1.29, 1.82) is 0 Å². The fourth-order valence-corrected chi connectivity index (χ4v) is 8.74. The summed E-state index contributed by atoms with van der Waals surface area (Å²) in [7, 11) is 3.66. The fourth-order valence-electron chi connectivity index (χ4n) is 8.05. The fraction of sp³-hybridized carbons (Fsp3) is 0.286. The standard InChI is InChI=1S/C49H47Cl3FN7O7/c1-28-41(51)30(3)66-36(24-59-20-18-58(4)19-21-59)26-64-35-14-15-38(65-25-34-16-17-54-47(57-34)37-8-6-7-9-39(37)63-5)32(22-35)23-40(49(61)62)67-48-46-43(55-27-56-48)42(52)45(60(46)44(28)29(2)50)31-10-12-33(53)13-11-31/h6-17,22,27,36,40H,3,18-21,23-26H2,1-2,4-5H3,(H,61,62)/b41-28+,44-29+/t36-,40+/m1/s1. The topological polar surface area (TPSA) is 146 Å². The van der Waals surface area contributed by atoms with E-state index in [1.807, 2.05) is 24.3 Å². The molecule has 0 aliphatic carbocycles. The van der Waals surface area contributed by atoms with Crippen LogP contribution >= 0.6 is 34.8 Å². The summed E-state index contributed by atoms with van der Waals surface area (Å²) < 4.78 is 47.5. The summed E-state index contributed by atoms with van der Waals surface area (Å²) in [5.41, 5.74) is 3.62. The SMILES string of the molecule is C=C1O[C@H](CN2CCN(C)CC2)COc2ccc(OCc3ccnc(-c4ccccc4OC)n3)c(c2)C[C@@H](C(=O)O)Oc2ncnc3c(Cl)c(-c4ccc(F)cc4)n(c23)C(=C(\C)Cl)/C(C)=C\1Cl. The molecular weight excluding hydrogens is 924 g/mol. The summed E-state index contributed by atoms with van der Waals surface area (Å²) in [6.07, 6.45) is 0.504. The van der Waals surface area contributed by atoms with Crippen molar-refractivity contribution in [2.75, 3.05) is 53.5 Å². The molecule has 348 valence electrons. The molecule has 0 spiro atoms. The zero-order valence-corrected chi connectivity index (χ0v) is 39.4. The molecule has 1 saturated heterocycles. The molecule has 0 saturated carbocycles. The number of carboxylic acid groups (broad SMARTS) is 1. The van der Waals surface area contributed by atoms with Gasteiger partial charge in [0, 0.05) is 61.5 Å². The lowest BCUT2D eigenvalue weighted by molar-refractivity contribution is -0.145. The Balaban J connectivity index is 1.25. The number of carbonyl (C=O) groups is 1. The van der Waals surface area contributed by atoms with Gasteiger partial charge in [0.1, 0.15) is 65.5 Å². The van der Waals surface area contributed by atoms with E-state index in [2.05, 4.69) is 38.4 Å². The lowest BCUT2D eigenvalue weighted by Gasteiger charge is -2.34. The molecular formula is C49H47Cl3FN7O7. The van der Waals surface area contributed by atoms with Crippen LogP contribution in [0.2, 0.25) is 5.02 Å². The third kappa shape index (κ3) is 10.5. The number of nitrogens with zero attached hydrogens (tertiary/aromatic N) is 7. The van der Waals surface area contributed by atoms with Crippen LogP contribution in [0.1, 0.15) is 25.1 Å². The van der Waals surface area contributed by atoms with Crippen LogP contribution in [0, 0.1) is 5.82 Å². The maximum Gasteiger partial charge on any atom is 0.345 e. The van der Waals surface area contributed by atoms with E-state index in [1.165, 1.54) is 18.5 Å². The highest BCUT2D eigenvalue weighted by Crippen LogP contribution is 2.45. The molecule has 2 atom stereocenters. The number of para-hydroxylation sites is 1. The van der Waals surface area contributed by atoms with Gasteiger partial charge < -0.3 is 38.3 Å². The van der Waals surface area contributed by atoms with Crippen molar-refractivity contribution in [3.8, 4) is 45.8 Å². The van der Waals surface area contributed by atoms with E-state index in [0.29, 0.717) is 69.0 Å². The molecule has 67 heavy (non-hydrogen) atoms. The number of piperazine rings is 1. The van der Waals surface area contributed by atoms with Crippen molar-refractivity contribution in [2.24, 2.45) is 0 Å². The number of aromatic nitrogens is 5. The largest absolute Gasteiger partial charge is 0.496 e. The lowest BCUT2D eigenvalue weighted by Crippen LogP contribution is -2.48. The molecule has 2 bridgehead atoms. The van der Waals surface area contributed by atoms with Gasteiger partial charge in [0.2, 0.25) is 12.0 Å². The van der Waals surface area contributed by atoms with Crippen molar-refractivity contribution in [3.63, 3.8) is 0 Å². The number of fused-ring (bicyclic) bond motifs is 2. The van der Waals surface area contributed by atoms with Crippen LogP contribution in [0.3, 0.4) is 0 Å².